The lowest BCUT2D eigenvalue weighted by molar-refractivity contribution is -0.136. The Morgan fingerprint density at radius 1 is 0.838 bits per heavy atom. The Hall–Kier alpha value is -3.41. The third-order valence-electron chi connectivity index (χ3n) is 8.01. The molecule has 1 aromatic heterocycles. The van der Waals surface area contributed by atoms with Crippen molar-refractivity contribution in [3.8, 4) is 11.3 Å². The lowest BCUT2D eigenvalue weighted by Gasteiger charge is -2.34. The summed E-state index contributed by atoms with van der Waals surface area (Å²) in [5, 5.41) is 4.88. The van der Waals surface area contributed by atoms with Crippen LogP contribution < -0.4 is 0 Å². The first kappa shape index (κ1) is 25.2. The van der Waals surface area contributed by atoms with E-state index in [4.69, 9.17) is 5.10 Å². The molecule has 2 fully saturated rings. The van der Waals surface area contributed by atoms with Crippen LogP contribution in [0.15, 0.2) is 54.7 Å². The Labute approximate surface area is 220 Å². The second kappa shape index (κ2) is 11.3. The summed E-state index contributed by atoms with van der Waals surface area (Å²) < 4.78 is 1.88. The van der Waals surface area contributed by atoms with Crippen LogP contribution in [0.3, 0.4) is 0 Å². The number of carbonyl (C=O) groups excluding carboxylic acids is 2. The summed E-state index contributed by atoms with van der Waals surface area (Å²) in [6.45, 7) is 7.79. The van der Waals surface area contributed by atoms with Crippen LogP contribution >= 0.6 is 0 Å². The van der Waals surface area contributed by atoms with Crippen LogP contribution in [-0.2, 0) is 11.3 Å². The Morgan fingerprint density at radius 2 is 1.54 bits per heavy atom. The minimum atomic E-state index is 0.00760. The Balaban J connectivity index is 1.34. The van der Waals surface area contributed by atoms with Crippen molar-refractivity contribution in [2.45, 2.75) is 58.9 Å². The molecule has 2 saturated heterocycles. The average molecular weight is 499 g/mol. The molecule has 6 nitrogen and oxygen atoms in total. The molecule has 6 heteroatoms. The molecule has 0 unspecified atom stereocenters. The summed E-state index contributed by atoms with van der Waals surface area (Å²) in [6.07, 6.45) is 8.02. The van der Waals surface area contributed by atoms with Crippen LogP contribution in [0.25, 0.3) is 11.3 Å². The highest BCUT2D eigenvalue weighted by atomic mass is 16.2. The van der Waals surface area contributed by atoms with Gasteiger partial charge in [0.25, 0.3) is 5.91 Å². The lowest BCUT2D eigenvalue weighted by atomic mass is 9.94. The summed E-state index contributed by atoms with van der Waals surface area (Å²) in [7, 11) is 0. The molecule has 0 saturated carbocycles. The van der Waals surface area contributed by atoms with Crippen molar-refractivity contribution < 1.29 is 9.59 Å². The van der Waals surface area contributed by atoms with Crippen molar-refractivity contribution in [2.24, 2.45) is 5.92 Å². The minimum Gasteiger partial charge on any atom is -0.342 e. The van der Waals surface area contributed by atoms with Gasteiger partial charge in [0.15, 0.2) is 0 Å². The van der Waals surface area contributed by atoms with Crippen molar-refractivity contribution in [1.82, 2.24) is 19.6 Å². The van der Waals surface area contributed by atoms with Gasteiger partial charge in [-0.3, -0.25) is 14.3 Å². The van der Waals surface area contributed by atoms with E-state index in [9.17, 15) is 9.59 Å². The number of likely N-dealkylation sites (tertiary alicyclic amines) is 2. The van der Waals surface area contributed by atoms with Crippen LogP contribution in [-0.4, -0.2) is 57.6 Å². The number of rotatable bonds is 5. The van der Waals surface area contributed by atoms with Gasteiger partial charge in [-0.2, -0.15) is 5.10 Å². The van der Waals surface area contributed by atoms with Gasteiger partial charge in [-0.15, -0.1) is 0 Å². The van der Waals surface area contributed by atoms with Crippen LogP contribution in [0.4, 0.5) is 0 Å². The van der Waals surface area contributed by atoms with E-state index in [-0.39, 0.29) is 11.8 Å². The molecule has 3 aromatic rings. The second-order valence-electron chi connectivity index (χ2n) is 10.7. The van der Waals surface area contributed by atoms with E-state index < -0.39 is 0 Å². The smallest absolute Gasteiger partial charge is 0.257 e. The highest BCUT2D eigenvalue weighted by Gasteiger charge is 2.32. The number of benzene rings is 2. The zero-order chi connectivity index (χ0) is 25.8. The maximum atomic E-state index is 13.8. The molecule has 2 aliphatic rings. The largest absolute Gasteiger partial charge is 0.342 e. The number of aromatic nitrogens is 2. The van der Waals surface area contributed by atoms with E-state index in [2.05, 4.69) is 49.1 Å². The van der Waals surface area contributed by atoms with E-state index in [0.717, 1.165) is 55.6 Å². The number of nitrogens with zero attached hydrogens (tertiary/aromatic N) is 4. The summed E-state index contributed by atoms with van der Waals surface area (Å²) >= 11 is 0. The summed E-state index contributed by atoms with van der Waals surface area (Å²) in [5.74, 6) is 0.330. The summed E-state index contributed by atoms with van der Waals surface area (Å²) in [6, 6.07) is 16.5. The van der Waals surface area contributed by atoms with Gasteiger partial charge >= 0.3 is 0 Å². The average Bonchev–Trinajstić information content (AvgIpc) is 3.14. The molecule has 194 valence electrons. The molecule has 0 atom stereocenters. The van der Waals surface area contributed by atoms with Crippen molar-refractivity contribution in [3.05, 3.63) is 77.0 Å². The fourth-order valence-corrected chi connectivity index (χ4v) is 5.58. The van der Waals surface area contributed by atoms with Crippen molar-refractivity contribution in [3.63, 3.8) is 0 Å². The van der Waals surface area contributed by atoms with E-state index in [1.807, 2.05) is 34.0 Å². The predicted octanol–water partition coefficient (Wildman–Crippen LogP) is 5.47. The van der Waals surface area contributed by atoms with Crippen LogP contribution in [0.2, 0.25) is 0 Å². The van der Waals surface area contributed by atoms with E-state index in [1.54, 1.807) is 0 Å². The van der Waals surface area contributed by atoms with Gasteiger partial charge in [-0.1, -0.05) is 55.3 Å². The van der Waals surface area contributed by atoms with Crippen LogP contribution in [0.1, 0.15) is 65.6 Å². The van der Waals surface area contributed by atoms with Gasteiger partial charge in [-0.25, -0.2) is 0 Å². The normalized spacial score (nSPS) is 17.0. The van der Waals surface area contributed by atoms with Crippen molar-refractivity contribution in [2.75, 3.05) is 26.2 Å². The molecule has 5 rings (SSSR count). The number of piperidine rings is 1. The van der Waals surface area contributed by atoms with Gasteiger partial charge in [0.2, 0.25) is 5.91 Å². The molecular weight excluding hydrogens is 460 g/mol. The third-order valence-corrected chi connectivity index (χ3v) is 8.01. The monoisotopic (exact) mass is 498 g/mol. The van der Waals surface area contributed by atoms with Crippen LogP contribution in [0, 0.1) is 19.8 Å². The SMILES string of the molecule is Cc1ccc(-c2nn(Cc3ccccc3)cc2C(=O)N2CCC(C(=O)N3CCCCCC3)CC2)cc1C. The predicted molar refractivity (Wildman–Crippen MR) is 146 cm³/mol. The Morgan fingerprint density at radius 3 is 2.22 bits per heavy atom. The number of aryl methyl sites for hydroxylation is 2. The molecule has 2 amide bonds. The fourth-order valence-electron chi connectivity index (χ4n) is 5.58. The highest BCUT2D eigenvalue weighted by molar-refractivity contribution is 6.00. The van der Waals surface area contributed by atoms with Gasteiger partial charge in [-0.05, 0) is 62.3 Å². The third kappa shape index (κ3) is 5.79. The Bertz CT molecular complexity index is 1230. The topological polar surface area (TPSA) is 58.4 Å². The molecule has 0 spiro atoms. The summed E-state index contributed by atoms with van der Waals surface area (Å²) in [4.78, 5) is 30.9. The van der Waals surface area contributed by atoms with Crippen LogP contribution in [0.5, 0.6) is 0 Å². The first-order chi connectivity index (χ1) is 18.0. The van der Waals surface area contributed by atoms with Gasteiger partial charge in [0.05, 0.1) is 12.1 Å². The first-order valence-electron chi connectivity index (χ1n) is 13.8. The molecule has 2 aliphatic heterocycles. The lowest BCUT2D eigenvalue weighted by Crippen LogP contribution is -2.44. The maximum absolute atomic E-state index is 13.8. The standard InChI is InChI=1S/C31H38N4O2/c1-23-12-13-27(20-24(23)2)29-28(22-35(32-29)21-25-10-6-5-7-11-25)31(37)34-18-14-26(15-19-34)30(36)33-16-8-3-4-9-17-33/h5-7,10-13,20,22,26H,3-4,8-9,14-19,21H2,1-2H3. The van der Waals surface area contributed by atoms with Crippen molar-refractivity contribution >= 4 is 11.8 Å². The van der Waals surface area contributed by atoms with Gasteiger partial charge in [0, 0.05) is 43.9 Å². The van der Waals surface area contributed by atoms with Crippen molar-refractivity contribution in [1.29, 1.82) is 0 Å². The molecule has 0 bridgehead atoms. The number of hydrogen-bond donors (Lipinski definition) is 0. The quantitative estimate of drug-likeness (QED) is 0.469. The number of carbonyl (C=O) groups is 2. The first-order valence-corrected chi connectivity index (χ1v) is 13.8. The molecule has 0 radical (unpaired) electrons. The number of amides is 2. The van der Waals surface area contributed by atoms with Gasteiger partial charge in [0.1, 0.15) is 5.69 Å². The maximum Gasteiger partial charge on any atom is 0.257 e. The zero-order valence-electron chi connectivity index (χ0n) is 22.2. The highest BCUT2D eigenvalue weighted by Crippen LogP contribution is 2.28. The fraction of sp³-hybridized carbons (Fsp3) is 0.452. The number of hydrogen-bond acceptors (Lipinski definition) is 3. The molecule has 3 heterocycles. The zero-order valence-corrected chi connectivity index (χ0v) is 22.2. The molecular formula is C31H38N4O2. The molecule has 37 heavy (non-hydrogen) atoms. The van der Waals surface area contributed by atoms with Gasteiger partial charge < -0.3 is 9.80 Å². The van der Waals surface area contributed by atoms with E-state index in [1.165, 1.54) is 24.0 Å². The van der Waals surface area contributed by atoms with E-state index in [0.29, 0.717) is 31.1 Å². The Kier molecular flexibility index (Phi) is 7.73. The van der Waals surface area contributed by atoms with E-state index >= 15 is 0 Å². The molecule has 0 N–H and O–H groups in total. The minimum absolute atomic E-state index is 0.00760. The molecule has 2 aromatic carbocycles. The summed E-state index contributed by atoms with van der Waals surface area (Å²) in [5.41, 5.74) is 5.87. The molecule has 0 aliphatic carbocycles. The second-order valence-corrected chi connectivity index (χ2v) is 10.7.